The van der Waals surface area contributed by atoms with Crippen molar-refractivity contribution in [3.8, 4) is 0 Å². The van der Waals surface area contributed by atoms with E-state index in [1.807, 2.05) is 0 Å². The smallest absolute Gasteiger partial charge is 0.242 e. The van der Waals surface area contributed by atoms with Crippen molar-refractivity contribution in [2.45, 2.75) is 44.0 Å². The fourth-order valence-corrected chi connectivity index (χ4v) is 4.91. The molecule has 3 atom stereocenters. The van der Waals surface area contributed by atoms with Crippen molar-refractivity contribution in [1.29, 1.82) is 0 Å². The first-order chi connectivity index (χ1) is 9.31. The van der Waals surface area contributed by atoms with Crippen LogP contribution in [0.3, 0.4) is 0 Å². The van der Waals surface area contributed by atoms with Crippen LogP contribution >= 0.6 is 27.5 Å². The predicted molar refractivity (Wildman–Crippen MR) is 83.2 cm³/mol. The monoisotopic (exact) mass is 380 g/mol. The Bertz CT molecular complexity index is 594. The second-order valence-corrected chi connectivity index (χ2v) is 8.39. The van der Waals surface area contributed by atoms with E-state index in [2.05, 4.69) is 39.5 Å². The van der Waals surface area contributed by atoms with Crippen molar-refractivity contribution in [2.24, 2.45) is 11.8 Å². The van der Waals surface area contributed by atoms with Crippen molar-refractivity contribution >= 4 is 37.6 Å². The topological polar surface area (TPSA) is 59.1 Å². The molecule has 0 amide bonds. The van der Waals surface area contributed by atoms with E-state index < -0.39 is 10.0 Å². The van der Waals surface area contributed by atoms with Crippen molar-refractivity contribution in [3.63, 3.8) is 0 Å². The molecule has 1 aromatic rings. The lowest BCUT2D eigenvalue weighted by molar-refractivity contribution is 0.227. The molecule has 1 aliphatic rings. The summed E-state index contributed by atoms with van der Waals surface area (Å²) in [5.74, 6) is 0.838. The van der Waals surface area contributed by atoms with Gasteiger partial charge in [-0.05, 0) is 40.3 Å². The molecule has 0 radical (unpaired) electrons. The van der Waals surface area contributed by atoms with Crippen LogP contribution in [0, 0.1) is 11.8 Å². The third-order valence-corrected chi connectivity index (χ3v) is 6.43. The van der Waals surface area contributed by atoms with Gasteiger partial charge in [0.15, 0.2) is 0 Å². The van der Waals surface area contributed by atoms with E-state index in [4.69, 9.17) is 11.6 Å². The maximum atomic E-state index is 12.5. The van der Waals surface area contributed by atoms with Gasteiger partial charge in [-0.2, -0.15) is 0 Å². The molecule has 1 saturated carbocycles. The zero-order valence-corrected chi connectivity index (χ0v) is 14.6. The second-order valence-electron chi connectivity index (χ2n) is 5.44. The van der Waals surface area contributed by atoms with Gasteiger partial charge in [-0.15, -0.1) is 0 Å². The summed E-state index contributed by atoms with van der Waals surface area (Å²) in [5.41, 5.74) is 0. The third-order valence-electron chi connectivity index (χ3n) is 4.08. The lowest BCUT2D eigenvalue weighted by Crippen LogP contribution is -2.43. The Morgan fingerprint density at radius 2 is 2.10 bits per heavy atom. The standard InChI is InChI=1S/C13H18BrClN2O2S/c1-8-4-3-5-11(9(8)2)17-20(18,19)12-6-10(14)7-16-13(12)15/h6-9,11,17H,3-5H2,1-2H3. The highest BCUT2D eigenvalue weighted by atomic mass is 79.9. The molecule has 0 spiro atoms. The molecule has 0 saturated heterocycles. The fourth-order valence-electron chi connectivity index (χ4n) is 2.60. The minimum Gasteiger partial charge on any atom is -0.242 e. The maximum Gasteiger partial charge on any atom is 0.243 e. The van der Waals surface area contributed by atoms with Crippen LogP contribution in [-0.2, 0) is 10.0 Å². The van der Waals surface area contributed by atoms with Crippen LogP contribution in [0.4, 0.5) is 0 Å². The summed E-state index contributed by atoms with van der Waals surface area (Å²) in [5, 5.41) is -0.00258. The summed E-state index contributed by atoms with van der Waals surface area (Å²) in [4.78, 5) is 3.90. The van der Waals surface area contributed by atoms with Gasteiger partial charge in [-0.3, -0.25) is 0 Å². The summed E-state index contributed by atoms with van der Waals surface area (Å²) >= 11 is 9.13. The normalized spacial score (nSPS) is 27.5. The molecule has 0 bridgehead atoms. The number of nitrogens with one attached hydrogen (secondary N) is 1. The Balaban J connectivity index is 2.25. The lowest BCUT2D eigenvalue weighted by Gasteiger charge is -2.34. The zero-order chi connectivity index (χ0) is 14.9. The molecule has 20 heavy (non-hydrogen) atoms. The quantitative estimate of drug-likeness (QED) is 0.814. The zero-order valence-electron chi connectivity index (χ0n) is 11.4. The predicted octanol–water partition coefficient (Wildman–Crippen LogP) is 3.60. The molecule has 1 aromatic heterocycles. The van der Waals surface area contributed by atoms with Crippen LogP contribution < -0.4 is 4.72 Å². The number of hydrogen-bond donors (Lipinski definition) is 1. The van der Waals surface area contributed by atoms with Crippen LogP contribution in [0.2, 0.25) is 5.15 Å². The van der Waals surface area contributed by atoms with E-state index in [0.717, 1.165) is 19.3 Å². The SMILES string of the molecule is CC1CCCC(NS(=O)(=O)c2cc(Br)cnc2Cl)C1C. The molecule has 7 heteroatoms. The molecule has 3 unspecified atom stereocenters. The molecular formula is C13H18BrClN2O2S. The average Bonchev–Trinajstić information content (AvgIpc) is 2.37. The van der Waals surface area contributed by atoms with Gasteiger partial charge in [0.25, 0.3) is 0 Å². The highest BCUT2D eigenvalue weighted by molar-refractivity contribution is 9.10. The second kappa shape index (κ2) is 6.30. The Morgan fingerprint density at radius 1 is 1.40 bits per heavy atom. The van der Waals surface area contributed by atoms with Gasteiger partial charge in [0, 0.05) is 16.7 Å². The molecule has 0 aromatic carbocycles. The van der Waals surface area contributed by atoms with E-state index in [9.17, 15) is 8.42 Å². The Morgan fingerprint density at radius 3 is 2.80 bits per heavy atom. The van der Waals surface area contributed by atoms with Gasteiger partial charge < -0.3 is 0 Å². The maximum absolute atomic E-state index is 12.5. The van der Waals surface area contributed by atoms with E-state index in [1.165, 1.54) is 12.3 Å². The average molecular weight is 382 g/mol. The number of halogens is 2. The minimum atomic E-state index is -3.64. The third kappa shape index (κ3) is 3.53. The van der Waals surface area contributed by atoms with Crippen molar-refractivity contribution < 1.29 is 8.42 Å². The first kappa shape index (κ1) is 16.2. The van der Waals surface area contributed by atoms with E-state index in [1.54, 1.807) is 0 Å². The fraction of sp³-hybridized carbons (Fsp3) is 0.615. The molecule has 2 rings (SSSR count). The molecule has 112 valence electrons. The largest absolute Gasteiger partial charge is 0.243 e. The van der Waals surface area contributed by atoms with Crippen LogP contribution in [0.15, 0.2) is 21.6 Å². The molecule has 1 aliphatic carbocycles. The van der Waals surface area contributed by atoms with Crippen LogP contribution in [0.5, 0.6) is 0 Å². The minimum absolute atomic E-state index is 0.00258. The van der Waals surface area contributed by atoms with E-state index >= 15 is 0 Å². The Kier molecular flexibility index (Phi) is 5.10. The number of rotatable bonds is 3. The highest BCUT2D eigenvalue weighted by Crippen LogP contribution is 2.31. The summed E-state index contributed by atoms with van der Waals surface area (Å²) in [7, 11) is -3.64. The van der Waals surface area contributed by atoms with Crippen molar-refractivity contribution in [1.82, 2.24) is 9.71 Å². The molecule has 4 nitrogen and oxygen atoms in total. The summed E-state index contributed by atoms with van der Waals surface area (Å²) < 4.78 is 28.3. The number of hydrogen-bond acceptors (Lipinski definition) is 3. The van der Waals surface area contributed by atoms with Gasteiger partial charge in [0.2, 0.25) is 10.0 Å². The van der Waals surface area contributed by atoms with Crippen molar-refractivity contribution in [3.05, 3.63) is 21.9 Å². The molecular weight excluding hydrogens is 364 g/mol. The molecule has 1 N–H and O–H groups in total. The van der Waals surface area contributed by atoms with E-state index in [-0.39, 0.29) is 16.1 Å². The lowest BCUT2D eigenvalue weighted by atomic mass is 9.78. The van der Waals surface area contributed by atoms with Crippen molar-refractivity contribution in [2.75, 3.05) is 0 Å². The van der Waals surface area contributed by atoms with Crippen LogP contribution in [-0.4, -0.2) is 19.4 Å². The Hall–Kier alpha value is -0.170. The molecule has 0 aliphatic heterocycles. The highest BCUT2D eigenvalue weighted by Gasteiger charge is 2.31. The molecule has 1 fully saturated rings. The number of pyridine rings is 1. The van der Waals surface area contributed by atoms with E-state index in [0.29, 0.717) is 16.3 Å². The summed E-state index contributed by atoms with van der Waals surface area (Å²) in [6, 6.07) is 1.44. The first-order valence-corrected chi connectivity index (χ1v) is 9.30. The Labute approximate surface area is 133 Å². The van der Waals surface area contributed by atoms with Gasteiger partial charge in [-0.25, -0.2) is 18.1 Å². The molecule has 1 heterocycles. The van der Waals surface area contributed by atoms with Gasteiger partial charge in [-0.1, -0.05) is 38.3 Å². The number of aromatic nitrogens is 1. The van der Waals surface area contributed by atoms with Gasteiger partial charge >= 0.3 is 0 Å². The van der Waals surface area contributed by atoms with Gasteiger partial charge in [0.1, 0.15) is 10.0 Å². The van der Waals surface area contributed by atoms with Gasteiger partial charge in [0.05, 0.1) is 0 Å². The number of nitrogens with zero attached hydrogens (tertiary/aromatic N) is 1. The number of sulfonamides is 1. The first-order valence-electron chi connectivity index (χ1n) is 6.64. The van der Waals surface area contributed by atoms with Crippen LogP contribution in [0.25, 0.3) is 0 Å². The summed E-state index contributed by atoms with van der Waals surface area (Å²) in [6.07, 6.45) is 4.54. The van der Waals surface area contributed by atoms with Crippen LogP contribution in [0.1, 0.15) is 33.1 Å². The summed E-state index contributed by atoms with van der Waals surface area (Å²) in [6.45, 7) is 4.26.